The molecule has 39 heavy (non-hydrogen) atoms. The summed E-state index contributed by atoms with van der Waals surface area (Å²) >= 11 is 6.23. The Hall–Kier alpha value is -4.20. The molecule has 0 saturated heterocycles. The molecular formula is C25H22ClN5O6S2. The number of halogens is 1. The van der Waals surface area contributed by atoms with Gasteiger partial charge in [-0.3, -0.25) is 9.10 Å². The third-order valence-electron chi connectivity index (χ3n) is 5.28. The molecule has 0 bridgehead atoms. The van der Waals surface area contributed by atoms with Crippen LogP contribution < -0.4 is 19.1 Å². The number of aromatic nitrogens is 2. The van der Waals surface area contributed by atoms with Crippen molar-refractivity contribution in [3.63, 3.8) is 0 Å². The quantitative estimate of drug-likeness (QED) is 0.285. The highest BCUT2D eigenvalue weighted by Gasteiger charge is 2.28. The van der Waals surface area contributed by atoms with Gasteiger partial charge in [0.15, 0.2) is 0 Å². The van der Waals surface area contributed by atoms with Crippen LogP contribution in [-0.4, -0.2) is 46.4 Å². The van der Waals surface area contributed by atoms with Gasteiger partial charge in [0.05, 0.1) is 27.6 Å². The number of nitrogens with zero attached hydrogens (tertiary/aromatic N) is 3. The molecule has 0 aliphatic heterocycles. The number of ether oxygens (including phenoxy) is 1. The summed E-state index contributed by atoms with van der Waals surface area (Å²) in [7, 11) is -6.71. The molecule has 0 radical (unpaired) electrons. The van der Waals surface area contributed by atoms with E-state index >= 15 is 0 Å². The first-order valence-corrected chi connectivity index (χ1v) is 14.5. The Morgan fingerprint density at radius 1 is 0.897 bits per heavy atom. The second kappa shape index (κ2) is 11.7. The molecule has 0 spiro atoms. The van der Waals surface area contributed by atoms with Gasteiger partial charge in [-0.2, -0.15) is 0 Å². The Labute approximate surface area is 230 Å². The summed E-state index contributed by atoms with van der Waals surface area (Å²) in [6.07, 6.45) is 2.79. The molecule has 0 aliphatic carbocycles. The minimum Gasteiger partial charge on any atom is -0.495 e. The van der Waals surface area contributed by atoms with E-state index in [1.807, 2.05) is 0 Å². The van der Waals surface area contributed by atoms with Crippen LogP contribution >= 0.6 is 11.6 Å². The van der Waals surface area contributed by atoms with Crippen LogP contribution in [0.4, 0.5) is 17.3 Å². The largest absolute Gasteiger partial charge is 0.495 e. The Morgan fingerprint density at radius 3 is 2.18 bits per heavy atom. The highest BCUT2D eigenvalue weighted by Crippen LogP contribution is 2.32. The van der Waals surface area contributed by atoms with Gasteiger partial charge in [0.25, 0.3) is 20.0 Å². The standard InChI is InChI=1S/C25H22ClN5O6S2/c1-37-23-13-10-19(16-22(23)26)31(39(35,36)21-6-3-2-4-7-21)17-24(32)29-18-8-11-20(12-9-18)38(33,34)30-25-27-14-5-15-28-25/h2-16H,17H2,1H3,(H,29,32)(H,27,28,30). The lowest BCUT2D eigenvalue weighted by atomic mass is 10.3. The Kier molecular flexibility index (Phi) is 8.33. The third-order valence-corrected chi connectivity index (χ3v) is 8.71. The predicted octanol–water partition coefficient (Wildman–Crippen LogP) is 3.77. The smallest absolute Gasteiger partial charge is 0.264 e. The van der Waals surface area contributed by atoms with Crippen molar-refractivity contribution in [3.8, 4) is 5.75 Å². The van der Waals surface area contributed by atoms with E-state index in [0.717, 1.165) is 4.31 Å². The van der Waals surface area contributed by atoms with Crippen molar-refractivity contribution >= 4 is 54.9 Å². The molecule has 1 heterocycles. The van der Waals surface area contributed by atoms with Crippen molar-refractivity contribution in [3.05, 3.63) is 96.3 Å². The van der Waals surface area contributed by atoms with Crippen LogP contribution in [0.1, 0.15) is 0 Å². The third kappa shape index (κ3) is 6.63. The number of benzene rings is 3. The lowest BCUT2D eigenvalue weighted by Crippen LogP contribution is -2.38. The number of amides is 1. The molecular weight excluding hydrogens is 566 g/mol. The molecule has 0 fully saturated rings. The van der Waals surface area contributed by atoms with E-state index in [9.17, 15) is 21.6 Å². The molecule has 202 valence electrons. The van der Waals surface area contributed by atoms with Gasteiger partial charge in [-0.25, -0.2) is 31.5 Å². The van der Waals surface area contributed by atoms with E-state index in [1.54, 1.807) is 24.3 Å². The van der Waals surface area contributed by atoms with Crippen LogP contribution in [0.2, 0.25) is 5.02 Å². The minimum absolute atomic E-state index is 0.0193. The van der Waals surface area contributed by atoms with Gasteiger partial charge in [-0.05, 0) is 60.7 Å². The molecule has 1 aromatic heterocycles. The van der Waals surface area contributed by atoms with Crippen LogP contribution in [0.25, 0.3) is 0 Å². The van der Waals surface area contributed by atoms with E-state index < -0.39 is 32.5 Å². The average molecular weight is 588 g/mol. The number of rotatable bonds is 10. The normalized spacial score (nSPS) is 11.4. The average Bonchev–Trinajstić information content (AvgIpc) is 2.93. The summed E-state index contributed by atoms with van der Waals surface area (Å²) in [5.41, 5.74) is 0.398. The maximum Gasteiger partial charge on any atom is 0.264 e. The molecule has 3 aromatic carbocycles. The van der Waals surface area contributed by atoms with Crippen LogP contribution in [-0.2, 0) is 24.8 Å². The second-order valence-corrected chi connectivity index (χ2v) is 11.8. The molecule has 0 saturated carbocycles. The molecule has 4 rings (SSSR count). The SMILES string of the molecule is COc1ccc(N(CC(=O)Nc2ccc(S(=O)(=O)Nc3ncccn3)cc2)S(=O)(=O)c2ccccc2)cc1Cl. The Morgan fingerprint density at radius 2 is 1.56 bits per heavy atom. The highest BCUT2D eigenvalue weighted by molar-refractivity contribution is 7.93. The van der Waals surface area contributed by atoms with Crippen LogP contribution in [0.5, 0.6) is 5.75 Å². The molecule has 0 unspecified atom stereocenters. The Balaban J connectivity index is 1.55. The summed E-state index contributed by atoms with van der Waals surface area (Å²) in [6.45, 7) is -0.590. The molecule has 1 amide bonds. The van der Waals surface area contributed by atoms with Crippen LogP contribution in [0, 0.1) is 0 Å². The monoisotopic (exact) mass is 587 g/mol. The number of methoxy groups -OCH3 is 1. The van der Waals surface area contributed by atoms with Gasteiger partial charge in [-0.15, -0.1) is 0 Å². The van der Waals surface area contributed by atoms with Crippen molar-refractivity contribution in [1.82, 2.24) is 9.97 Å². The topological polar surface area (TPSA) is 148 Å². The molecule has 4 aromatic rings. The summed E-state index contributed by atoms with van der Waals surface area (Å²) in [4.78, 5) is 20.5. The lowest BCUT2D eigenvalue weighted by Gasteiger charge is -2.24. The lowest BCUT2D eigenvalue weighted by molar-refractivity contribution is -0.114. The van der Waals surface area contributed by atoms with Crippen molar-refractivity contribution in [2.24, 2.45) is 0 Å². The van der Waals surface area contributed by atoms with E-state index in [1.165, 1.54) is 74.1 Å². The van der Waals surface area contributed by atoms with Crippen molar-refractivity contribution in [2.45, 2.75) is 9.79 Å². The summed E-state index contributed by atoms with van der Waals surface area (Å²) < 4.78 is 60.4. The van der Waals surface area contributed by atoms with Crippen molar-refractivity contribution in [2.75, 3.05) is 28.0 Å². The maximum absolute atomic E-state index is 13.5. The van der Waals surface area contributed by atoms with E-state index in [0.29, 0.717) is 5.75 Å². The van der Waals surface area contributed by atoms with Crippen LogP contribution in [0.3, 0.4) is 0 Å². The van der Waals surface area contributed by atoms with Gasteiger partial charge in [0.1, 0.15) is 12.3 Å². The Bertz CT molecular complexity index is 1670. The van der Waals surface area contributed by atoms with Gasteiger partial charge >= 0.3 is 0 Å². The number of anilines is 3. The first-order valence-electron chi connectivity index (χ1n) is 11.2. The zero-order valence-corrected chi connectivity index (χ0v) is 22.7. The minimum atomic E-state index is -4.16. The predicted molar refractivity (Wildman–Crippen MR) is 147 cm³/mol. The number of hydrogen-bond acceptors (Lipinski definition) is 8. The first kappa shape index (κ1) is 27.8. The van der Waals surface area contributed by atoms with Gasteiger partial charge < -0.3 is 10.1 Å². The first-order chi connectivity index (χ1) is 18.6. The highest BCUT2D eigenvalue weighted by atomic mass is 35.5. The molecule has 0 atom stereocenters. The van der Waals surface area contributed by atoms with Gasteiger partial charge in [0.2, 0.25) is 11.9 Å². The summed E-state index contributed by atoms with van der Waals surface area (Å²) in [6, 6.07) is 18.9. The maximum atomic E-state index is 13.5. The van der Waals surface area contributed by atoms with E-state index in [-0.39, 0.29) is 32.1 Å². The van der Waals surface area contributed by atoms with E-state index in [4.69, 9.17) is 16.3 Å². The fourth-order valence-corrected chi connectivity index (χ4v) is 6.07. The van der Waals surface area contributed by atoms with Gasteiger partial charge in [0, 0.05) is 18.1 Å². The van der Waals surface area contributed by atoms with E-state index in [2.05, 4.69) is 20.0 Å². The number of sulfonamides is 2. The number of carbonyl (C=O) groups excluding carboxylic acids is 1. The second-order valence-electron chi connectivity index (χ2n) is 7.89. The summed E-state index contributed by atoms with van der Waals surface area (Å²) in [5.74, 6) is -0.425. The zero-order valence-electron chi connectivity index (χ0n) is 20.4. The fraction of sp³-hybridized carbons (Fsp3) is 0.0800. The molecule has 11 nitrogen and oxygen atoms in total. The number of hydrogen-bond donors (Lipinski definition) is 2. The van der Waals surface area contributed by atoms with Gasteiger partial charge in [-0.1, -0.05) is 29.8 Å². The molecule has 0 aliphatic rings. The fourth-order valence-electron chi connectivity index (χ4n) is 3.42. The molecule has 2 N–H and O–H groups in total. The molecule has 14 heteroatoms. The van der Waals surface area contributed by atoms with Crippen LogP contribution in [0.15, 0.2) is 101 Å². The van der Waals surface area contributed by atoms with Crippen molar-refractivity contribution in [1.29, 1.82) is 0 Å². The zero-order chi connectivity index (χ0) is 28.0. The summed E-state index contributed by atoms with van der Waals surface area (Å²) in [5, 5.41) is 2.75. The number of nitrogens with one attached hydrogen (secondary N) is 2. The van der Waals surface area contributed by atoms with Crippen molar-refractivity contribution < 1.29 is 26.4 Å². The number of carbonyl (C=O) groups is 1.